The molecular formula is C20H25NO5S. The predicted molar refractivity (Wildman–Crippen MR) is 101 cm³/mol. The van der Waals surface area contributed by atoms with Crippen LogP contribution in [0, 0.1) is 28.6 Å². The zero-order valence-electron chi connectivity index (χ0n) is 15.4. The van der Waals surface area contributed by atoms with Crippen molar-refractivity contribution >= 4 is 29.5 Å². The topological polar surface area (TPSA) is 118 Å². The third kappa shape index (κ3) is 2.48. The van der Waals surface area contributed by atoms with Crippen LogP contribution in [0.15, 0.2) is 35.2 Å². The molecule has 1 aromatic carbocycles. The van der Waals surface area contributed by atoms with Gasteiger partial charge >= 0.3 is 11.9 Å². The Hall–Kier alpha value is -1.86. The van der Waals surface area contributed by atoms with E-state index >= 15 is 0 Å². The lowest BCUT2D eigenvalue weighted by Crippen LogP contribution is -2.51. The lowest BCUT2D eigenvalue weighted by atomic mass is 9.62. The highest BCUT2D eigenvalue weighted by Gasteiger charge is 2.87. The lowest BCUT2D eigenvalue weighted by Gasteiger charge is -2.40. The van der Waals surface area contributed by atoms with Crippen LogP contribution in [0.4, 0.5) is 0 Å². The molecule has 2 fully saturated rings. The van der Waals surface area contributed by atoms with Gasteiger partial charge in [0.2, 0.25) is 0 Å². The summed E-state index contributed by atoms with van der Waals surface area (Å²) in [7, 11) is 0. The van der Waals surface area contributed by atoms with E-state index in [2.05, 4.69) is 0 Å². The summed E-state index contributed by atoms with van der Waals surface area (Å²) in [6.45, 7) is 3.34. The summed E-state index contributed by atoms with van der Waals surface area (Å²) in [6, 6.07) is 9.41. The van der Waals surface area contributed by atoms with Crippen LogP contribution in [0.1, 0.15) is 26.7 Å². The first kappa shape index (κ1) is 19.9. The van der Waals surface area contributed by atoms with Gasteiger partial charge in [-0.15, -0.1) is 11.8 Å². The van der Waals surface area contributed by atoms with E-state index in [1.165, 1.54) is 11.8 Å². The molecule has 3 rings (SSSR count). The number of hydrogen-bond acceptors (Lipinski definition) is 5. The molecule has 2 saturated carbocycles. The summed E-state index contributed by atoms with van der Waals surface area (Å²) in [4.78, 5) is 38.3. The van der Waals surface area contributed by atoms with Gasteiger partial charge in [-0.25, -0.2) is 0 Å². The van der Waals surface area contributed by atoms with Crippen molar-refractivity contribution in [2.45, 2.75) is 36.8 Å². The van der Waals surface area contributed by atoms with Crippen molar-refractivity contribution in [1.82, 2.24) is 0 Å². The van der Waals surface area contributed by atoms with Gasteiger partial charge in [-0.05, 0) is 30.9 Å². The summed E-state index contributed by atoms with van der Waals surface area (Å²) in [5.41, 5.74) is 3.33. The fourth-order valence-electron chi connectivity index (χ4n) is 5.86. The van der Waals surface area contributed by atoms with Crippen LogP contribution < -0.4 is 5.73 Å². The monoisotopic (exact) mass is 391 g/mol. The van der Waals surface area contributed by atoms with E-state index in [9.17, 15) is 24.6 Å². The molecule has 0 aromatic heterocycles. The Bertz CT molecular complexity index is 769. The van der Waals surface area contributed by atoms with E-state index in [1.807, 2.05) is 37.3 Å². The summed E-state index contributed by atoms with van der Waals surface area (Å²) in [6.07, 6.45) is 0.619. The summed E-state index contributed by atoms with van der Waals surface area (Å²) >= 11 is 1.42. The van der Waals surface area contributed by atoms with Crippen LogP contribution in [0.3, 0.4) is 0 Å². The van der Waals surface area contributed by atoms with Gasteiger partial charge in [0.15, 0.2) is 5.78 Å². The number of carboxylic acid groups (broad SMARTS) is 2. The van der Waals surface area contributed by atoms with Gasteiger partial charge in [0.05, 0.1) is 17.9 Å². The van der Waals surface area contributed by atoms with Gasteiger partial charge in [-0.3, -0.25) is 14.4 Å². The van der Waals surface area contributed by atoms with Crippen molar-refractivity contribution in [3.63, 3.8) is 0 Å². The van der Waals surface area contributed by atoms with E-state index in [-0.39, 0.29) is 24.7 Å². The van der Waals surface area contributed by atoms with Crippen LogP contribution in [0.25, 0.3) is 0 Å². The van der Waals surface area contributed by atoms with Gasteiger partial charge in [0.25, 0.3) is 0 Å². The number of hydrogen-bond donors (Lipinski definition) is 3. The molecule has 7 heteroatoms. The molecule has 1 aromatic rings. The number of carbonyl (C=O) groups is 3. The molecule has 0 aliphatic heterocycles. The minimum Gasteiger partial charge on any atom is -0.481 e. The van der Waals surface area contributed by atoms with E-state index in [1.54, 1.807) is 6.92 Å². The third-order valence-electron chi connectivity index (χ3n) is 6.80. The molecule has 0 bridgehead atoms. The minimum atomic E-state index is -1.40. The Morgan fingerprint density at radius 2 is 1.70 bits per heavy atom. The lowest BCUT2D eigenvalue weighted by molar-refractivity contribution is -0.163. The molecular weight excluding hydrogens is 366 g/mol. The second-order valence-electron chi connectivity index (χ2n) is 7.41. The van der Waals surface area contributed by atoms with Crippen LogP contribution >= 0.6 is 11.8 Å². The van der Waals surface area contributed by atoms with E-state index in [0.717, 1.165) is 4.90 Å². The van der Waals surface area contributed by atoms with Crippen molar-refractivity contribution in [1.29, 1.82) is 0 Å². The van der Waals surface area contributed by atoms with E-state index in [0.29, 0.717) is 6.42 Å². The van der Waals surface area contributed by atoms with Gasteiger partial charge in [0.1, 0.15) is 0 Å². The molecule has 146 valence electrons. The standard InChI is InChI=1S/C20H25NO5S/c1-3-19-14(15(19)17(23)24)16(27-11-8-6-5-7-9-11)13(12(22)10-21)20(19,4-2)18(25)26/h5-9,13-16H,3-4,10,21H2,1-2H3,(H,23,24)(H,25,26). The summed E-state index contributed by atoms with van der Waals surface area (Å²) in [5, 5.41) is 19.7. The van der Waals surface area contributed by atoms with Crippen molar-refractivity contribution < 1.29 is 24.6 Å². The molecule has 0 radical (unpaired) electrons. The Balaban J connectivity index is 2.17. The number of benzene rings is 1. The number of thioether (sulfide) groups is 1. The highest BCUT2D eigenvalue weighted by atomic mass is 32.2. The van der Waals surface area contributed by atoms with E-state index < -0.39 is 39.9 Å². The Labute approximate surface area is 162 Å². The number of fused-ring (bicyclic) bond motifs is 1. The number of rotatable bonds is 8. The molecule has 6 unspecified atom stereocenters. The molecule has 27 heavy (non-hydrogen) atoms. The molecule has 0 heterocycles. The molecule has 2 aliphatic carbocycles. The predicted octanol–water partition coefficient (Wildman–Crippen LogP) is 2.51. The Kier molecular flexibility index (Phi) is 5.12. The first-order valence-corrected chi connectivity index (χ1v) is 10.1. The highest BCUT2D eigenvalue weighted by Crippen LogP contribution is 2.82. The van der Waals surface area contributed by atoms with E-state index in [4.69, 9.17) is 5.73 Å². The van der Waals surface area contributed by atoms with Gasteiger partial charge in [-0.1, -0.05) is 32.0 Å². The first-order chi connectivity index (χ1) is 12.8. The fourth-order valence-corrected chi connectivity index (χ4v) is 7.56. The van der Waals surface area contributed by atoms with Crippen molar-refractivity contribution in [3.8, 4) is 0 Å². The zero-order chi connectivity index (χ0) is 20.0. The molecule has 6 nitrogen and oxygen atoms in total. The largest absolute Gasteiger partial charge is 0.481 e. The third-order valence-corrected chi connectivity index (χ3v) is 8.18. The van der Waals surface area contributed by atoms with Crippen LogP contribution in [-0.4, -0.2) is 39.7 Å². The minimum absolute atomic E-state index is 0.207. The second kappa shape index (κ2) is 6.95. The number of nitrogens with two attached hydrogens (primary N) is 1. The molecule has 2 aliphatic rings. The molecule has 4 N–H and O–H groups in total. The highest BCUT2D eigenvalue weighted by molar-refractivity contribution is 8.00. The van der Waals surface area contributed by atoms with Gasteiger partial charge in [0, 0.05) is 21.5 Å². The van der Waals surface area contributed by atoms with Crippen LogP contribution in [-0.2, 0) is 14.4 Å². The molecule has 0 spiro atoms. The number of carboxylic acids is 2. The average molecular weight is 391 g/mol. The number of ketones is 1. The zero-order valence-corrected chi connectivity index (χ0v) is 16.2. The molecule has 6 atom stereocenters. The number of aliphatic carboxylic acids is 2. The summed E-state index contributed by atoms with van der Waals surface area (Å²) < 4.78 is 0. The fraction of sp³-hybridized carbons (Fsp3) is 0.550. The quantitative estimate of drug-likeness (QED) is 0.623. The summed E-state index contributed by atoms with van der Waals surface area (Å²) in [5.74, 6) is -4.25. The van der Waals surface area contributed by atoms with Gasteiger partial charge in [-0.2, -0.15) is 0 Å². The molecule has 0 saturated heterocycles. The average Bonchev–Trinajstić information content (AvgIpc) is 3.28. The second-order valence-corrected chi connectivity index (χ2v) is 8.66. The van der Waals surface area contributed by atoms with Crippen molar-refractivity contribution in [3.05, 3.63) is 30.3 Å². The Morgan fingerprint density at radius 3 is 2.15 bits per heavy atom. The van der Waals surface area contributed by atoms with Crippen LogP contribution in [0.2, 0.25) is 0 Å². The maximum Gasteiger partial charge on any atom is 0.311 e. The van der Waals surface area contributed by atoms with Crippen LogP contribution in [0.5, 0.6) is 0 Å². The smallest absolute Gasteiger partial charge is 0.311 e. The molecule has 0 amide bonds. The number of Topliss-reactive ketones (excluding diaryl/α,β-unsaturated/α-hetero) is 1. The number of carbonyl (C=O) groups excluding carboxylic acids is 1. The first-order valence-electron chi connectivity index (χ1n) is 9.24. The van der Waals surface area contributed by atoms with Crippen molar-refractivity contribution in [2.24, 2.45) is 34.3 Å². The van der Waals surface area contributed by atoms with Gasteiger partial charge < -0.3 is 15.9 Å². The Morgan fingerprint density at radius 1 is 1.07 bits per heavy atom. The normalized spacial score (nSPS) is 36.9. The SMILES string of the molecule is CCC1(C(=O)O)C(C(=O)CN)C(Sc2ccccc2)C2C(C(=O)O)C21CC. The van der Waals surface area contributed by atoms with Crippen molar-refractivity contribution in [2.75, 3.05) is 6.54 Å². The maximum atomic E-state index is 12.8. The maximum absolute atomic E-state index is 12.8.